The van der Waals surface area contributed by atoms with Crippen molar-refractivity contribution in [2.45, 2.75) is 25.0 Å². The van der Waals surface area contributed by atoms with E-state index in [1.807, 2.05) is 12.1 Å². The number of aliphatic hydroxyl groups excluding tert-OH is 1. The average Bonchev–Trinajstić information content (AvgIpc) is 2.89. The summed E-state index contributed by atoms with van der Waals surface area (Å²) in [5.41, 5.74) is 2.71. The molecule has 4 nitrogen and oxygen atoms in total. The Kier molecular flexibility index (Phi) is 9.53. The lowest BCUT2D eigenvalue weighted by molar-refractivity contribution is 0.0260. The third-order valence-corrected chi connectivity index (χ3v) is 6.71. The van der Waals surface area contributed by atoms with Crippen LogP contribution in [0.1, 0.15) is 29.2 Å². The first-order chi connectivity index (χ1) is 17.5. The van der Waals surface area contributed by atoms with E-state index in [4.69, 9.17) is 4.74 Å². The number of nitrogens with zero attached hydrogens (tertiary/aromatic N) is 2. The van der Waals surface area contributed by atoms with Gasteiger partial charge in [0.2, 0.25) is 0 Å². The standard InChI is InChI=1S/C29H33F3N2O2/c30-25-8-2-22(3-9-25)20-28-21-33(15-16-34(28)14-1-18-35)17-19-36-29(23-4-10-26(31)11-5-23)24-6-12-27(32)13-7-24/h2-13,28-29,35H,1,14-21H2. The van der Waals surface area contributed by atoms with Crippen molar-refractivity contribution in [2.75, 3.05) is 45.9 Å². The molecule has 3 aromatic rings. The summed E-state index contributed by atoms with van der Waals surface area (Å²) in [6, 6.07) is 19.3. The Hall–Kier alpha value is -2.71. The number of hydrogen-bond donors (Lipinski definition) is 1. The first-order valence-corrected chi connectivity index (χ1v) is 12.5. The molecule has 0 amide bonds. The Balaban J connectivity index is 1.39. The van der Waals surface area contributed by atoms with E-state index in [1.54, 1.807) is 24.3 Å². The first-order valence-electron chi connectivity index (χ1n) is 12.5. The highest BCUT2D eigenvalue weighted by atomic mass is 19.1. The Labute approximate surface area is 210 Å². The van der Waals surface area contributed by atoms with E-state index in [0.717, 1.165) is 55.7 Å². The van der Waals surface area contributed by atoms with E-state index in [-0.39, 0.29) is 30.1 Å². The van der Waals surface area contributed by atoms with Gasteiger partial charge in [-0.3, -0.25) is 9.80 Å². The summed E-state index contributed by atoms with van der Waals surface area (Å²) < 4.78 is 46.6. The predicted molar refractivity (Wildman–Crippen MR) is 134 cm³/mol. The van der Waals surface area contributed by atoms with Crippen LogP contribution in [0, 0.1) is 17.5 Å². The summed E-state index contributed by atoms with van der Waals surface area (Å²) in [5.74, 6) is -0.874. The van der Waals surface area contributed by atoms with Crippen molar-refractivity contribution < 1.29 is 23.0 Å². The van der Waals surface area contributed by atoms with Crippen molar-refractivity contribution in [1.82, 2.24) is 9.80 Å². The van der Waals surface area contributed by atoms with E-state index >= 15 is 0 Å². The van der Waals surface area contributed by atoms with Gasteiger partial charge in [0.1, 0.15) is 23.6 Å². The highest BCUT2D eigenvalue weighted by Gasteiger charge is 2.27. The topological polar surface area (TPSA) is 35.9 Å². The molecule has 192 valence electrons. The normalized spacial score (nSPS) is 17.1. The number of piperazine rings is 1. The van der Waals surface area contributed by atoms with E-state index < -0.39 is 6.10 Å². The predicted octanol–water partition coefficient (Wildman–Crippen LogP) is 4.82. The molecular weight excluding hydrogens is 465 g/mol. The van der Waals surface area contributed by atoms with Gasteiger partial charge in [-0.15, -0.1) is 0 Å². The Bertz CT molecular complexity index is 1020. The minimum atomic E-state index is -0.424. The smallest absolute Gasteiger partial charge is 0.123 e. The molecule has 4 rings (SSSR count). The van der Waals surface area contributed by atoms with Crippen LogP contribution in [-0.4, -0.2) is 66.9 Å². The van der Waals surface area contributed by atoms with Crippen LogP contribution in [0.25, 0.3) is 0 Å². The summed E-state index contributed by atoms with van der Waals surface area (Å²) in [6.07, 6.45) is 1.10. The van der Waals surface area contributed by atoms with Crippen molar-refractivity contribution in [3.63, 3.8) is 0 Å². The van der Waals surface area contributed by atoms with Crippen LogP contribution in [0.3, 0.4) is 0 Å². The molecule has 0 saturated carbocycles. The maximum Gasteiger partial charge on any atom is 0.123 e. The summed E-state index contributed by atoms with van der Waals surface area (Å²) >= 11 is 0. The molecule has 1 atom stereocenters. The molecule has 1 aliphatic heterocycles. The molecule has 1 N–H and O–H groups in total. The Morgan fingerprint density at radius 3 is 1.89 bits per heavy atom. The van der Waals surface area contributed by atoms with Crippen LogP contribution >= 0.6 is 0 Å². The molecule has 0 aromatic heterocycles. The van der Waals surface area contributed by atoms with E-state index in [1.165, 1.54) is 36.4 Å². The molecular formula is C29H33F3N2O2. The SMILES string of the molecule is OCCCN1CCN(CCOC(c2ccc(F)cc2)c2ccc(F)cc2)CC1Cc1ccc(F)cc1. The quantitative estimate of drug-likeness (QED) is 0.411. The molecule has 0 aliphatic carbocycles. The zero-order valence-electron chi connectivity index (χ0n) is 20.3. The van der Waals surface area contributed by atoms with Crippen molar-refractivity contribution >= 4 is 0 Å². The summed E-state index contributed by atoms with van der Waals surface area (Å²) in [4.78, 5) is 4.76. The zero-order valence-corrected chi connectivity index (χ0v) is 20.3. The Morgan fingerprint density at radius 1 is 0.778 bits per heavy atom. The number of rotatable bonds is 11. The highest BCUT2D eigenvalue weighted by molar-refractivity contribution is 5.30. The monoisotopic (exact) mass is 498 g/mol. The second-order valence-corrected chi connectivity index (χ2v) is 9.25. The van der Waals surface area contributed by atoms with Crippen LogP contribution in [-0.2, 0) is 11.2 Å². The molecule has 0 radical (unpaired) electrons. The number of benzene rings is 3. The Morgan fingerprint density at radius 2 is 1.33 bits per heavy atom. The van der Waals surface area contributed by atoms with Gasteiger partial charge in [0, 0.05) is 45.4 Å². The summed E-state index contributed by atoms with van der Waals surface area (Å²) in [7, 11) is 0. The largest absolute Gasteiger partial charge is 0.396 e. The maximum atomic E-state index is 13.5. The van der Waals surface area contributed by atoms with Gasteiger partial charge in [0.05, 0.1) is 6.61 Å². The average molecular weight is 499 g/mol. The fourth-order valence-corrected chi connectivity index (χ4v) is 4.77. The second-order valence-electron chi connectivity index (χ2n) is 9.25. The lowest BCUT2D eigenvalue weighted by Gasteiger charge is -2.41. The van der Waals surface area contributed by atoms with Gasteiger partial charge in [-0.25, -0.2) is 13.2 Å². The maximum absolute atomic E-state index is 13.5. The number of ether oxygens (including phenoxy) is 1. The van der Waals surface area contributed by atoms with Gasteiger partial charge in [-0.1, -0.05) is 36.4 Å². The van der Waals surface area contributed by atoms with E-state index in [0.29, 0.717) is 13.2 Å². The molecule has 1 heterocycles. The van der Waals surface area contributed by atoms with Crippen molar-refractivity contribution in [3.8, 4) is 0 Å². The van der Waals surface area contributed by atoms with E-state index in [9.17, 15) is 18.3 Å². The minimum absolute atomic E-state index is 0.158. The van der Waals surface area contributed by atoms with Gasteiger partial charge < -0.3 is 9.84 Å². The van der Waals surface area contributed by atoms with Crippen molar-refractivity contribution in [1.29, 1.82) is 0 Å². The molecule has 7 heteroatoms. The lowest BCUT2D eigenvalue weighted by Crippen LogP contribution is -2.54. The van der Waals surface area contributed by atoms with Crippen LogP contribution in [0.2, 0.25) is 0 Å². The molecule has 0 spiro atoms. The molecule has 1 unspecified atom stereocenters. The van der Waals surface area contributed by atoms with Crippen LogP contribution in [0.5, 0.6) is 0 Å². The number of aliphatic hydroxyl groups is 1. The van der Waals surface area contributed by atoms with Crippen LogP contribution < -0.4 is 0 Å². The van der Waals surface area contributed by atoms with Crippen molar-refractivity contribution in [2.24, 2.45) is 0 Å². The molecule has 1 aliphatic rings. The molecule has 1 saturated heterocycles. The summed E-state index contributed by atoms with van der Waals surface area (Å²) in [6.45, 7) is 4.75. The zero-order chi connectivity index (χ0) is 25.3. The van der Waals surface area contributed by atoms with Crippen LogP contribution in [0.4, 0.5) is 13.2 Å². The summed E-state index contributed by atoms with van der Waals surface area (Å²) in [5, 5.41) is 9.30. The van der Waals surface area contributed by atoms with Gasteiger partial charge in [-0.05, 0) is 65.9 Å². The van der Waals surface area contributed by atoms with Crippen molar-refractivity contribution in [3.05, 3.63) is 107 Å². The minimum Gasteiger partial charge on any atom is -0.396 e. The third-order valence-electron chi connectivity index (χ3n) is 6.71. The third kappa shape index (κ3) is 7.40. The highest BCUT2D eigenvalue weighted by Crippen LogP contribution is 2.27. The lowest BCUT2D eigenvalue weighted by atomic mass is 10.0. The number of halogens is 3. The first kappa shape index (κ1) is 26.4. The van der Waals surface area contributed by atoms with E-state index in [2.05, 4.69) is 9.80 Å². The van der Waals surface area contributed by atoms with Crippen LogP contribution in [0.15, 0.2) is 72.8 Å². The van der Waals surface area contributed by atoms with Gasteiger partial charge in [-0.2, -0.15) is 0 Å². The van der Waals surface area contributed by atoms with Gasteiger partial charge in [0.15, 0.2) is 0 Å². The molecule has 1 fully saturated rings. The second kappa shape index (κ2) is 13.0. The van der Waals surface area contributed by atoms with Gasteiger partial charge in [0.25, 0.3) is 0 Å². The number of hydrogen-bond acceptors (Lipinski definition) is 4. The fraction of sp³-hybridized carbons (Fsp3) is 0.379. The molecule has 3 aromatic carbocycles. The fourth-order valence-electron chi connectivity index (χ4n) is 4.77. The molecule has 0 bridgehead atoms. The molecule has 36 heavy (non-hydrogen) atoms. The van der Waals surface area contributed by atoms with Gasteiger partial charge >= 0.3 is 0 Å².